The molecule has 24 heavy (non-hydrogen) atoms. The van der Waals surface area contributed by atoms with E-state index in [0.717, 1.165) is 12.0 Å². The van der Waals surface area contributed by atoms with Crippen LogP contribution in [0.5, 0.6) is 0 Å². The molecule has 1 aliphatic heterocycles. The Labute approximate surface area is 141 Å². The lowest BCUT2D eigenvalue weighted by Gasteiger charge is -2.14. The van der Waals surface area contributed by atoms with E-state index in [-0.39, 0.29) is 11.9 Å². The number of aromatic nitrogens is 2. The van der Waals surface area contributed by atoms with Gasteiger partial charge >= 0.3 is 6.03 Å². The Balaban J connectivity index is 1.43. The van der Waals surface area contributed by atoms with Crippen molar-refractivity contribution < 1.29 is 14.1 Å². The van der Waals surface area contributed by atoms with E-state index >= 15 is 0 Å². The number of hydrogen-bond acceptors (Lipinski definition) is 5. The van der Waals surface area contributed by atoms with Crippen LogP contribution in [0.2, 0.25) is 0 Å². The first kappa shape index (κ1) is 16.4. The number of carbonyl (C=O) groups excluding carboxylic acids is 1. The molecule has 128 valence electrons. The number of amides is 2. The summed E-state index contributed by atoms with van der Waals surface area (Å²) < 4.78 is 11.0. The molecule has 1 saturated heterocycles. The van der Waals surface area contributed by atoms with Crippen LogP contribution < -0.4 is 5.32 Å². The zero-order valence-corrected chi connectivity index (χ0v) is 13.8. The third-order valence-corrected chi connectivity index (χ3v) is 4.10. The Morgan fingerprint density at radius 3 is 3.04 bits per heavy atom. The van der Waals surface area contributed by atoms with E-state index < -0.39 is 0 Å². The van der Waals surface area contributed by atoms with Gasteiger partial charge in [-0.25, -0.2) is 4.79 Å². The Kier molecular flexibility index (Phi) is 5.43. The summed E-state index contributed by atoms with van der Waals surface area (Å²) in [5.74, 6) is 1.38. The molecule has 1 aromatic carbocycles. The second kappa shape index (κ2) is 7.92. The smallest absolute Gasteiger partial charge is 0.317 e. The van der Waals surface area contributed by atoms with Gasteiger partial charge in [0.25, 0.3) is 0 Å². The summed E-state index contributed by atoms with van der Waals surface area (Å²) in [6.07, 6.45) is 1.46. The predicted molar refractivity (Wildman–Crippen MR) is 87.5 cm³/mol. The highest BCUT2D eigenvalue weighted by atomic mass is 16.5. The molecule has 2 aromatic rings. The van der Waals surface area contributed by atoms with Crippen LogP contribution in [0.4, 0.5) is 4.79 Å². The van der Waals surface area contributed by atoms with E-state index in [1.807, 2.05) is 30.3 Å². The van der Waals surface area contributed by atoms with Crippen LogP contribution in [0, 0.1) is 0 Å². The monoisotopic (exact) mass is 330 g/mol. The number of likely N-dealkylation sites (tertiary alicyclic amines) is 1. The minimum Gasteiger partial charge on any atom is -0.376 e. The second-order valence-electron chi connectivity index (χ2n) is 5.82. The summed E-state index contributed by atoms with van der Waals surface area (Å²) in [5.41, 5.74) is 1.14. The Morgan fingerprint density at radius 2 is 2.25 bits per heavy atom. The van der Waals surface area contributed by atoms with Crippen LogP contribution in [0.3, 0.4) is 0 Å². The van der Waals surface area contributed by atoms with E-state index in [4.69, 9.17) is 9.26 Å². The zero-order chi connectivity index (χ0) is 16.8. The largest absolute Gasteiger partial charge is 0.376 e. The number of rotatable bonds is 6. The Bertz CT molecular complexity index is 659. The molecule has 1 fully saturated rings. The number of hydrogen-bond donors (Lipinski definition) is 1. The molecular weight excluding hydrogens is 308 g/mol. The van der Waals surface area contributed by atoms with Crippen LogP contribution in [-0.2, 0) is 17.8 Å². The summed E-state index contributed by atoms with van der Waals surface area (Å²) >= 11 is 0. The van der Waals surface area contributed by atoms with Gasteiger partial charge in [-0.2, -0.15) is 4.98 Å². The van der Waals surface area contributed by atoms with E-state index in [9.17, 15) is 4.79 Å². The number of nitrogens with zero attached hydrogens (tertiary/aromatic N) is 3. The van der Waals surface area contributed by atoms with Crippen LogP contribution in [0.15, 0.2) is 34.9 Å². The quantitative estimate of drug-likeness (QED) is 0.819. The van der Waals surface area contributed by atoms with Crippen molar-refractivity contribution in [1.82, 2.24) is 20.4 Å². The van der Waals surface area contributed by atoms with Gasteiger partial charge in [-0.15, -0.1) is 0 Å². The van der Waals surface area contributed by atoms with Crippen LogP contribution in [0.1, 0.15) is 29.6 Å². The van der Waals surface area contributed by atoms with Crippen molar-refractivity contribution in [2.24, 2.45) is 0 Å². The highest BCUT2D eigenvalue weighted by Crippen LogP contribution is 2.25. The zero-order valence-electron chi connectivity index (χ0n) is 13.8. The second-order valence-corrected chi connectivity index (χ2v) is 5.82. The number of urea groups is 1. The molecule has 0 saturated carbocycles. The maximum atomic E-state index is 11.6. The fourth-order valence-electron chi connectivity index (χ4n) is 2.77. The lowest BCUT2D eigenvalue weighted by molar-refractivity contribution is 0.122. The highest BCUT2D eigenvalue weighted by molar-refractivity contribution is 5.74. The van der Waals surface area contributed by atoms with E-state index in [1.54, 1.807) is 11.9 Å². The summed E-state index contributed by atoms with van der Waals surface area (Å²) in [6, 6.07) is 9.97. The number of benzene rings is 1. The van der Waals surface area contributed by atoms with Gasteiger partial charge in [-0.1, -0.05) is 35.5 Å². The summed E-state index contributed by atoms with van der Waals surface area (Å²) in [7, 11) is 1.63. The summed E-state index contributed by atoms with van der Waals surface area (Å²) in [5, 5.41) is 6.65. The maximum absolute atomic E-state index is 11.6. The normalized spacial score (nSPS) is 17.2. The van der Waals surface area contributed by atoms with Gasteiger partial charge in [-0.05, 0) is 12.0 Å². The minimum atomic E-state index is -0.0634. The summed E-state index contributed by atoms with van der Waals surface area (Å²) in [4.78, 5) is 17.8. The third-order valence-electron chi connectivity index (χ3n) is 4.10. The lowest BCUT2D eigenvalue weighted by Crippen LogP contribution is -2.36. The van der Waals surface area contributed by atoms with Crippen molar-refractivity contribution in [1.29, 1.82) is 0 Å². The molecule has 0 bridgehead atoms. The van der Waals surface area contributed by atoms with Crippen molar-refractivity contribution in [3.8, 4) is 0 Å². The van der Waals surface area contributed by atoms with Gasteiger partial charge in [0.15, 0.2) is 5.82 Å². The van der Waals surface area contributed by atoms with Gasteiger partial charge in [0.2, 0.25) is 5.89 Å². The van der Waals surface area contributed by atoms with Crippen LogP contribution in [-0.4, -0.2) is 47.8 Å². The van der Waals surface area contributed by atoms with Crippen molar-refractivity contribution in [3.63, 3.8) is 0 Å². The van der Waals surface area contributed by atoms with Gasteiger partial charge in [0, 0.05) is 26.6 Å². The maximum Gasteiger partial charge on any atom is 0.317 e. The molecule has 2 heterocycles. The Hall–Kier alpha value is -2.41. The number of carbonyl (C=O) groups is 1. The molecule has 7 nitrogen and oxygen atoms in total. The molecule has 0 spiro atoms. The summed E-state index contributed by atoms with van der Waals surface area (Å²) in [6.45, 7) is 2.45. The standard InChI is InChI=1S/C17H22N4O3/c1-18-17(22)21-9-7-14(11-21)16-19-15(20-24-16)8-10-23-12-13-5-3-2-4-6-13/h2-6,14H,7-12H2,1H3,(H,18,22). The Morgan fingerprint density at radius 1 is 1.42 bits per heavy atom. The van der Waals surface area contributed by atoms with Crippen molar-refractivity contribution in [2.75, 3.05) is 26.7 Å². The van der Waals surface area contributed by atoms with Crippen molar-refractivity contribution in [3.05, 3.63) is 47.6 Å². The number of nitrogens with one attached hydrogen (secondary N) is 1. The van der Waals surface area contributed by atoms with E-state index in [0.29, 0.717) is 44.4 Å². The fourth-order valence-corrected chi connectivity index (χ4v) is 2.77. The average molecular weight is 330 g/mol. The lowest BCUT2D eigenvalue weighted by atomic mass is 10.1. The van der Waals surface area contributed by atoms with E-state index in [2.05, 4.69) is 15.5 Å². The van der Waals surface area contributed by atoms with E-state index in [1.165, 1.54) is 0 Å². The van der Waals surface area contributed by atoms with Crippen molar-refractivity contribution in [2.45, 2.75) is 25.4 Å². The molecule has 3 rings (SSSR count). The third kappa shape index (κ3) is 4.11. The molecule has 0 radical (unpaired) electrons. The highest BCUT2D eigenvalue weighted by Gasteiger charge is 2.30. The molecule has 1 aliphatic rings. The molecule has 7 heteroatoms. The molecule has 2 amide bonds. The topological polar surface area (TPSA) is 80.5 Å². The molecular formula is C17H22N4O3. The minimum absolute atomic E-state index is 0.0634. The molecule has 0 aliphatic carbocycles. The first-order valence-electron chi connectivity index (χ1n) is 8.17. The van der Waals surface area contributed by atoms with Gasteiger partial charge < -0.3 is 19.5 Å². The molecule has 1 aromatic heterocycles. The molecule has 1 atom stereocenters. The van der Waals surface area contributed by atoms with Gasteiger partial charge in [0.05, 0.1) is 19.1 Å². The number of ether oxygens (including phenoxy) is 1. The van der Waals surface area contributed by atoms with Crippen LogP contribution in [0.25, 0.3) is 0 Å². The SMILES string of the molecule is CNC(=O)N1CCC(c2nc(CCOCc3ccccc3)no2)C1. The fraction of sp³-hybridized carbons (Fsp3) is 0.471. The molecule has 1 N–H and O–H groups in total. The van der Waals surface area contributed by atoms with Gasteiger partial charge in [-0.3, -0.25) is 0 Å². The van der Waals surface area contributed by atoms with Crippen molar-refractivity contribution >= 4 is 6.03 Å². The molecule has 1 unspecified atom stereocenters. The first-order chi connectivity index (χ1) is 11.8. The average Bonchev–Trinajstić information content (AvgIpc) is 3.28. The van der Waals surface area contributed by atoms with Gasteiger partial charge in [0.1, 0.15) is 0 Å². The first-order valence-corrected chi connectivity index (χ1v) is 8.17. The van der Waals surface area contributed by atoms with Crippen LogP contribution >= 0.6 is 0 Å². The predicted octanol–water partition coefficient (Wildman–Crippen LogP) is 1.96.